The predicted molar refractivity (Wildman–Crippen MR) is 67.5 cm³/mol. The van der Waals surface area contributed by atoms with E-state index in [0.717, 1.165) is 0 Å². The first-order valence-corrected chi connectivity index (χ1v) is 5.65. The molecule has 0 amide bonds. The third kappa shape index (κ3) is 2.40. The average molecular weight is 266 g/mol. The van der Waals surface area contributed by atoms with E-state index >= 15 is 0 Å². The molecule has 5 N–H and O–H groups in total. The Morgan fingerprint density at radius 3 is 2.89 bits per heavy atom. The maximum atomic E-state index is 10.9. The van der Waals surface area contributed by atoms with E-state index in [1.54, 1.807) is 10.9 Å². The van der Waals surface area contributed by atoms with Crippen LogP contribution in [-0.4, -0.2) is 48.4 Å². The standard InChI is InChI=1S/C10H14N6O3/c1-2-16-4-12-6-7(13-5(3-17)9(18)19)14-10(11)15-8(6)16/h4-5,17H,2-3H2,1H3,(H,18,19)(H3,11,13,14,15). The smallest absolute Gasteiger partial charge is 0.328 e. The van der Waals surface area contributed by atoms with E-state index in [1.165, 1.54) is 0 Å². The summed E-state index contributed by atoms with van der Waals surface area (Å²) >= 11 is 0. The lowest BCUT2D eigenvalue weighted by atomic mass is 10.3. The fourth-order valence-electron chi connectivity index (χ4n) is 1.64. The summed E-state index contributed by atoms with van der Waals surface area (Å²) in [5, 5.41) is 20.5. The molecule has 102 valence electrons. The van der Waals surface area contributed by atoms with Crippen LogP contribution in [0, 0.1) is 0 Å². The Morgan fingerprint density at radius 1 is 1.58 bits per heavy atom. The number of aromatic nitrogens is 4. The van der Waals surface area contributed by atoms with Gasteiger partial charge in [0.25, 0.3) is 0 Å². The molecule has 2 aromatic rings. The maximum Gasteiger partial charge on any atom is 0.328 e. The van der Waals surface area contributed by atoms with Crippen molar-refractivity contribution in [2.24, 2.45) is 0 Å². The van der Waals surface area contributed by atoms with Gasteiger partial charge in [0.2, 0.25) is 5.95 Å². The molecule has 0 aliphatic heterocycles. The molecule has 19 heavy (non-hydrogen) atoms. The molecule has 0 aromatic carbocycles. The largest absolute Gasteiger partial charge is 0.480 e. The number of imidazole rings is 1. The van der Waals surface area contributed by atoms with Crippen molar-refractivity contribution in [2.75, 3.05) is 17.7 Å². The second-order valence-electron chi connectivity index (χ2n) is 3.85. The highest BCUT2D eigenvalue weighted by Crippen LogP contribution is 2.20. The molecule has 0 fully saturated rings. The SMILES string of the molecule is CCn1cnc2c(NC(CO)C(=O)O)nc(N)nc21. The number of aliphatic hydroxyl groups excluding tert-OH is 1. The summed E-state index contributed by atoms with van der Waals surface area (Å²) in [6.45, 7) is 1.99. The summed E-state index contributed by atoms with van der Waals surface area (Å²) < 4.78 is 1.76. The summed E-state index contributed by atoms with van der Waals surface area (Å²) in [5.41, 5.74) is 6.51. The van der Waals surface area contributed by atoms with Gasteiger partial charge in [-0.2, -0.15) is 9.97 Å². The molecule has 9 nitrogen and oxygen atoms in total. The van der Waals surface area contributed by atoms with Crippen molar-refractivity contribution in [2.45, 2.75) is 19.5 Å². The number of carboxylic acid groups (broad SMARTS) is 1. The number of hydrogen-bond donors (Lipinski definition) is 4. The Hall–Kier alpha value is -2.42. The van der Waals surface area contributed by atoms with Gasteiger partial charge in [-0.15, -0.1) is 0 Å². The van der Waals surface area contributed by atoms with Crippen molar-refractivity contribution in [3.63, 3.8) is 0 Å². The lowest BCUT2D eigenvalue weighted by molar-refractivity contribution is -0.138. The van der Waals surface area contributed by atoms with Gasteiger partial charge in [-0.25, -0.2) is 9.78 Å². The fraction of sp³-hybridized carbons (Fsp3) is 0.400. The Labute approximate surface area is 108 Å². The molecule has 0 aliphatic carbocycles. The highest BCUT2D eigenvalue weighted by atomic mass is 16.4. The molecule has 0 spiro atoms. The number of fused-ring (bicyclic) bond motifs is 1. The van der Waals surface area contributed by atoms with Crippen LogP contribution in [0.1, 0.15) is 6.92 Å². The number of nitrogens with zero attached hydrogens (tertiary/aromatic N) is 4. The summed E-state index contributed by atoms with van der Waals surface area (Å²) in [4.78, 5) is 23.0. The first-order chi connectivity index (χ1) is 9.06. The minimum atomic E-state index is -1.19. The summed E-state index contributed by atoms with van der Waals surface area (Å²) in [6.07, 6.45) is 1.57. The first kappa shape index (κ1) is 13.0. The van der Waals surface area contributed by atoms with Gasteiger partial charge in [0, 0.05) is 6.54 Å². The molecule has 1 unspecified atom stereocenters. The topological polar surface area (TPSA) is 139 Å². The van der Waals surface area contributed by atoms with E-state index in [1.807, 2.05) is 6.92 Å². The van der Waals surface area contributed by atoms with E-state index in [0.29, 0.717) is 17.7 Å². The van der Waals surface area contributed by atoms with Crippen LogP contribution in [0.25, 0.3) is 11.2 Å². The lowest BCUT2D eigenvalue weighted by Gasteiger charge is -2.12. The Balaban J connectivity index is 2.48. The zero-order valence-corrected chi connectivity index (χ0v) is 10.2. The number of hydrogen-bond acceptors (Lipinski definition) is 7. The summed E-state index contributed by atoms with van der Waals surface area (Å²) in [5.74, 6) is -0.994. The highest BCUT2D eigenvalue weighted by Gasteiger charge is 2.20. The molecule has 0 bridgehead atoms. The number of nitrogen functional groups attached to an aromatic ring is 1. The molecule has 9 heteroatoms. The monoisotopic (exact) mass is 266 g/mol. The van der Waals surface area contributed by atoms with Crippen molar-refractivity contribution >= 4 is 28.9 Å². The van der Waals surface area contributed by atoms with Crippen LogP contribution >= 0.6 is 0 Å². The Kier molecular flexibility index (Phi) is 3.47. The van der Waals surface area contributed by atoms with Gasteiger partial charge < -0.3 is 25.8 Å². The summed E-state index contributed by atoms with van der Waals surface area (Å²) in [6, 6.07) is -1.18. The average Bonchev–Trinajstić information content (AvgIpc) is 2.77. The fourth-order valence-corrected chi connectivity index (χ4v) is 1.64. The molecule has 2 aromatic heterocycles. The third-order valence-corrected chi connectivity index (χ3v) is 2.61. The molecule has 0 saturated carbocycles. The first-order valence-electron chi connectivity index (χ1n) is 5.65. The quantitative estimate of drug-likeness (QED) is 0.556. The minimum absolute atomic E-state index is 0.00674. The molecular weight excluding hydrogens is 252 g/mol. The zero-order chi connectivity index (χ0) is 14.0. The van der Waals surface area contributed by atoms with Crippen LogP contribution in [0.2, 0.25) is 0 Å². The zero-order valence-electron chi connectivity index (χ0n) is 10.2. The van der Waals surface area contributed by atoms with Gasteiger partial charge in [-0.1, -0.05) is 0 Å². The molecule has 0 radical (unpaired) electrons. The Bertz CT molecular complexity index is 611. The molecule has 0 saturated heterocycles. The van der Waals surface area contributed by atoms with E-state index in [-0.39, 0.29) is 11.8 Å². The van der Waals surface area contributed by atoms with Crippen LogP contribution in [-0.2, 0) is 11.3 Å². The van der Waals surface area contributed by atoms with Crippen LogP contribution in [0.3, 0.4) is 0 Å². The van der Waals surface area contributed by atoms with Crippen LogP contribution in [0.4, 0.5) is 11.8 Å². The molecule has 1 atom stereocenters. The number of nitrogens with one attached hydrogen (secondary N) is 1. The van der Waals surface area contributed by atoms with E-state index in [2.05, 4.69) is 20.3 Å². The van der Waals surface area contributed by atoms with Gasteiger partial charge in [-0.05, 0) is 6.92 Å². The number of carboxylic acids is 1. The molecule has 2 rings (SSSR count). The number of rotatable bonds is 5. The number of anilines is 2. The lowest BCUT2D eigenvalue weighted by Crippen LogP contribution is -2.33. The van der Waals surface area contributed by atoms with Crippen molar-refractivity contribution in [1.82, 2.24) is 19.5 Å². The van der Waals surface area contributed by atoms with E-state index in [9.17, 15) is 4.79 Å². The second-order valence-corrected chi connectivity index (χ2v) is 3.85. The Morgan fingerprint density at radius 2 is 2.32 bits per heavy atom. The number of aliphatic hydroxyl groups is 1. The van der Waals surface area contributed by atoms with Crippen molar-refractivity contribution in [3.8, 4) is 0 Å². The van der Waals surface area contributed by atoms with Gasteiger partial charge in [0.05, 0.1) is 12.9 Å². The van der Waals surface area contributed by atoms with Gasteiger partial charge >= 0.3 is 5.97 Å². The number of nitrogens with two attached hydrogens (primary N) is 1. The predicted octanol–water partition coefficient (Wildman–Crippen LogP) is -0.714. The van der Waals surface area contributed by atoms with Crippen molar-refractivity contribution in [3.05, 3.63) is 6.33 Å². The highest BCUT2D eigenvalue weighted by molar-refractivity contribution is 5.87. The molecule has 2 heterocycles. The second kappa shape index (κ2) is 5.06. The maximum absolute atomic E-state index is 10.9. The van der Waals surface area contributed by atoms with Gasteiger partial charge in [0.15, 0.2) is 17.0 Å². The van der Waals surface area contributed by atoms with E-state index in [4.69, 9.17) is 15.9 Å². The van der Waals surface area contributed by atoms with Crippen molar-refractivity contribution in [1.29, 1.82) is 0 Å². The third-order valence-electron chi connectivity index (χ3n) is 2.61. The minimum Gasteiger partial charge on any atom is -0.480 e. The molecule has 0 aliphatic rings. The normalized spacial score (nSPS) is 12.5. The number of aliphatic carboxylic acids is 1. The number of aryl methyl sites for hydroxylation is 1. The van der Waals surface area contributed by atoms with E-state index < -0.39 is 18.6 Å². The van der Waals surface area contributed by atoms with Gasteiger partial charge in [0.1, 0.15) is 6.04 Å². The van der Waals surface area contributed by atoms with Crippen LogP contribution < -0.4 is 11.1 Å². The summed E-state index contributed by atoms with van der Waals surface area (Å²) in [7, 11) is 0. The van der Waals surface area contributed by atoms with Crippen molar-refractivity contribution < 1.29 is 15.0 Å². The van der Waals surface area contributed by atoms with Crippen LogP contribution in [0.15, 0.2) is 6.33 Å². The van der Waals surface area contributed by atoms with Gasteiger partial charge in [-0.3, -0.25) is 0 Å². The van der Waals surface area contributed by atoms with Crippen LogP contribution in [0.5, 0.6) is 0 Å². The number of carbonyl (C=O) groups is 1. The molecular formula is C10H14N6O3.